The number of anilines is 1. The SMILES string of the molecule is Cc1ccc(-c2csc(NC(=O)[C@H]3CCCCN3C)n2)cc1. The number of carbonyl (C=O) groups excluding carboxylic acids is 1. The Balaban J connectivity index is 1.68. The van der Waals surface area contributed by atoms with Gasteiger partial charge in [0.05, 0.1) is 11.7 Å². The predicted molar refractivity (Wildman–Crippen MR) is 91.2 cm³/mol. The van der Waals surface area contributed by atoms with Gasteiger partial charge in [-0.05, 0) is 33.4 Å². The normalized spacial score (nSPS) is 19.1. The van der Waals surface area contributed by atoms with Crippen molar-refractivity contribution in [2.24, 2.45) is 0 Å². The zero-order chi connectivity index (χ0) is 15.5. The van der Waals surface area contributed by atoms with Crippen LogP contribution in [0.4, 0.5) is 5.13 Å². The van der Waals surface area contributed by atoms with Crippen LogP contribution in [0.1, 0.15) is 24.8 Å². The maximum absolute atomic E-state index is 12.4. The van der Waals surface area contributed by atoms with Crippen LogP contribution in [0.3, 0.4) is 0 Å². The Hall–Kier alpha value is -1.72. The van der Waals surface area contributed by atoms with Crippen LogP contribution in [-0.4, -0.2) is 35.4 Å². The highest BCUT2D eigenvalue weighted by molar-refractivity contribution is 7.14. The summed E-state index contributed by atoms with van der Waals surface area (Å²) in [4.78, 5) is 19.1. The van der Waals surface area contributed by atoms with Gasteiger partial charge in [-0.25, -0.2) is 4.98 Å². The summed E-state index contributed by atoms with van der Waals surface area (Å²) in [7, 11) is 2.02. The van der Waals surface area contributed by atoms with Gasteiger partial charge < -0.3 is 5.32 Å². The number of likely N-dealkylation sites (tertiary alicyclic amines) is 1. The van der Waals surface area contributed by atoms with Gasteiger partial charge in [0.1, 0.15) is 0 Å². The van der Waals surface area contributed by atoms with Crippen LogP contribution in [0.25, 0.3) is 11.3 Å². The summed E-state index contributed by atoms with van der Waals surface area (Å²) in [5.74, 6) is 0.0620. The molecule has 1 fully saturated rings. The minimum Gasteiger partial charge on any atom is -0.301 e. The number of nitrogens with one attached hydrogen (secondary N) is 1. The lowest BCUT2D eigenvalue weighted by Gasteiger charge is -2.30. The van der Waals surface area contributed by atoms with Crippen molar-refractivity contribution >= 4 is 22.4 Å². The lowest BCUT2D eigenvalue weighted by atomic mass is 10.0. The summed E-state index contributed by atoms with van der Waals surface area (Å²) in [5, 5.41) is 5.64. The molecule has 0 unspecified atom stereocenters. The maximum Gasteiger partial charge on any atom is 0.243 e. The Morgan fingerprint density at radius 3 is 2.82 bits per heavy atom. The van der Waals surface area contributed by atoms with E-state index in [1.54, 1.807) is 0 Å². The van der Waals surface area contributed by atoms with E-state index in [4.69, 9.17) is 0 Å². The summed E-state index contributed by atoms with van der Waals surface area (Å²) in [6, 6.07) is 8.24. The lowest BCUT2D eigenvalue weighted by Crippen LogP contribution is -2.44. The molecule has 116 valence electrons. The van der Waals surface area contributed by atoms with Crippen molar-refractivity contribution in [1.29, 1.82) is 0 Å². The van der Waals surface area contributed by atoms with Crippen LogP contribution in [0.5, 0.6) is 0 Å². The Kier molecular flexibility index (Phi) is 4.55. The molecule has 1 aromatic carbocycles. The zero-order valence-corrected chi connectivity index (χ0v) is 13.8. The van der Waals surface area contributed by atoms with Crippen LogP contribution < -0.4 is 5.32 Å². The van der Waals surface area contributed by atoms with Gasteiger partial charge in [-0.3, -0.25) is 9.69 Å². The highest BCUT2D eigenvalue weighted by Gasteiger charge is 2.26. The number of likely N-dealkylation sites (N-methyl/N-ethyl adjacent to an activating group) is 1. The first-order chi connectivity index (χ1) is 10.6. The summed E-state index contributed by atoms with van der Waals surface area (Å²) < 4.78 is 0. The third-order valence-electron chi connectivity index (χ3n) is 4.15. The molecule has 1 atom stereocenters. The number of aryl methyl sites for hydroxylation is 1. The fourth-order valence-corrected chi connectivity index (χ4v) is 3.51. The van der Waals surface area contributed by atoms with E-state index >= 15 is 0 Å². The van der Waals surface area contributed by atoms with Gasteiger partial charge in [-0.1, -0.05) is 36.2 Å². The van der Waals surface area contributed by atoms with Crippen LogP contribution in [0.2, 0.25) is 0 Å². The molecule has 0 aliphatic carbocycles. The van der Waals surface area contributed by atoms with Crippen molar-refractivity contribution in [3.8, 4) is 11.3 Å². The number of hydrogen-bond acceptors (Lipinski definition) is 4. The number of thiazole rings is 1. The number of aromatic nitrogens is 1. The Labute approximate surface area is 135 Å². The smallest absolute Gasteiger partial charge is 0.243 e. The molecule has 2 aromatic rings. The molecule has 22 heavy (non-hydrogen) atoms. The first-order valence-corrected chi connectivity index (χ1v) is 8.55. The van der Waals surface area contributed by atoms with E-state index < -0.39 is 0 Å². The van der Waals surface area contributed by atoms with E-state index in [1.165, 1.54) is 23.3 Å². The predicted octanol–water partition coefficient (Wildman–Crippen LogP) is 3.54. The lowest BCUT2D eigenvalue weighted by molar-refractivity contribution is -0.121. The molecule has 0 radical (unpaired) electrons. The Morgan fingerprint density at radius 1 is 1.32 bits per heavy atom. The van der Waals surface area contributed by atoms with Gasteiger partial charge in [0.15, 0.2) is 5.13 Å². The van der Waals surface area contributed by atoms with Crippen LogP contribution in [0, 0.1) is 6.92 Å². The topological polar surface area (TPSA) is 45.2 Å². The van der Waals surface area contributed by atoms with Gasteiger partial charge in [0.2, 0.25) is 5.91 Å². The third-order valence-corrected chi connectivity index (χ3v) is 4.91. The molecule has 0 bridgehead atoms. The molecule has 3 rings (SSSR count). The highest BCUT2D eigenvalue weighted by atomic mass is 32.1. The molecule has 5 heteroatoms. The van der Waals surface area contributed by atoms with E-state index in [0.717, 1.165) is 30.6 Å². The second-order valence-electron chi connectivity index (χ2n) is 5.89. The molecule has 1 aromatic heterocycles. The van der Waals surface area contributed by atoms with Crippen molar-refractivity contribution in [1.82, 2.24) is 9.88 Å². The third kappa shape index (κ3) is 3.36. The summed E-state index contributed by atoms with van der Waals surface area (Å²) in [5.41, 5.74) is 3.22. The first-order valence-electron chi connectivity index (χ1n) is 7.67. The van der Waals surface area contributed by atoms with Gasteiger partial charge in [0, 0.05) is 10.9 Å². The second kappa shape index (κ2) is 6.58. The van der Waals surface area contributed by atoms with Gasteiger partial charge in [0.25, 0.3) is 0 Å². The van der Waals surface area contributed by atoms with Crippen molar-refractivity contribution < 1.29 is 4.79 Å². The molecule has 0 spiro atoms. The zero-order valence-electron chi connectivity index (χ0n) is 13.0. The van der Waals surface area contributed by atoms with Gasteiger partial charge >= 0.3 is 0 Å². The number of piperidine rings is 1. The van der Waals surface area contributed by atoms with E-state index in [9.17, 15) is 4.79 Å². The molecule has 1 N–H and O–H groups in total. The molecule has 1 saturated heterocycles. The maximum atomic E-state index is 12.4. The number of rotatable bonds is 3. The fourth-order valence-electron chi connectivity index (χ4n) is 2.78. The standard InChI is InChI=1S/C17H21N3OS/c1-12-6-8-13(9-7-12)14-11-22-17(18-14)19-16(21)15-5-3-4-10-20(15)2/h6-9,11,15H,3-5,10H2,1-2H3,(H,18,19,21)/t15-/m1/s1. The summed E-state index contributed by atoms with van der Waals surface area (Å²) >= 11 is 1.48. The first kappa shape index (κ1) is 15.2. The minimum atomic E-state index is -0.0273. The monoisotopic (exact) mass is 315 g/mol. The number of amides is 1. The summed E-state index contributed by atoms with van der Waals surface area (Å²) in [6.45, 7) is 3.06. The van der Waals surface area contributed by atoms with E-state index in [1.807, 2.05) is 12.4 Å². The number of carbonyl (C=O) groups is 1. The van der Waals surface area contributed by atoms with Crippen molar-refractivity contribution in [2.75, 3.05) is 18.9 Å². The fraction of sp³-hybridized carbons (Fsp3) is 0.412. The van der Waals surface area contributed by atoms with Gasteiger partial charge in [-0.2, -0.15) is 0 Å². The average molecular weight is 315 g/mol. The molecule has 1 aliphatic heterocycles. The molecule has 1 amide bonds. The van der Waals surface area contributed by atoms with Crippen molar-refractivity contribution in [3.05, 3.63) is 35.2 Å². The number of hydrogen-bond donors (Lipinski definition) is 1. The Morgan fingerprint density at radius 2 is 2.09 bits per heavy atom. The molecule has 2 heterocycles. The van der Waals surface area contributed by atoms with E-state index in [2.05, 4.69) is 46.4 Å². The molecular weight excluding hydrogens is 294 g/mol. The number of nitrogens with zero attached hydrogens (tertiary/aromatic N) is 2. The molecule has 4 nitrogen and oxygen atoms in total. The van der Waals surface area contributed by atoms with Gasteiger partial charge in [-0.15, -0.1) is 11.3 Å². The molecular formula is C17H21N3OS. The number of benzene rings is 1. The summed E-state index contributed by atoms with van der Waals surface area (Å²) in [6.07, 6.45) is 3.22. The Bertz CT molecular complexity index is 650. The van der Waals surface area contributed by atoms with E-state index in [0.29, 0.717) is 5.13 Å². The largest absolute Gasteiger partial charge is 0.301 e. The molecule has 0 saturated carbocycles. The van der Waals surface area contributed by atoms with Crippen LogP contribution in [-0.2, 0) is 4.79 Å². The quantitative estimate of drug-likeness (QED) is 0.942. The molecule has 1 aliphatic rings. The van der Waals surface area contributed by atoms with Crippen LogP contribution in [0.15, 0.2) is 29.6 Å². The minimum absolute atomic E-state index is 0.0273. The van der Waals surface area contributed by atoms with E-state index in [-0.39, 0.29) is 11.9 Å². The van der Waals surface area contributed by atoms with Crippen molar-refractivity contribution in [3.63, 3.8) is 0 Å². The van der Waals surface area contributed by atoms with Crippen molar-refractivity contribution in [2.45, 2.75) is 32.2 Å². The van der Waals surface area contributed by atoms with Crippen LogP contribution >= 0.6 is 11.3 Å². The highest BCUT2D eigenvalue weighted by Crippen LogP contribution is 2.26. The second-order valence-corrected chi connectivity index (χ2v) is 6.74. The average Bonchev–Trinajstić information content (AvgIpc) is 2.97.